The van der Waals surface area contributed by atoms with E-state index in [9.17, 15) is 14.4 Å². The normalized spacial score (nSPS) is 19.7. The molecule has 1 saturated heterocycles. The van der Waals surface area contributed by atoms with Crippen molar-refractivity contribution in [2.45, 2.75) is 65.3 Å². The molecule has 7 heteroatoms. The van der Waals surface area contributed by atoms with Crippen molar-refractivity contribution in [2.75, 3.05) is 32.8 Å². The third-order valence-electron chi connectivity index (χ3n) is 5.42. The van der Waals surface area contributed by atoms with E-state index in [0.717, 1.165) is 25.7 Å². The van der Waals surface area contributed by atoms with Gasteiger partial charge >= 0.3 is 6.09 Å². The fraction of sp³-hybridized carbons (Fsp3) is 0.850. The molecule has 154 valence electrons. The van der Waals surface area contributed by atoms with Crippen LogP contribution in [0.3, 0.4) is 0 Å². The van der Waals surface area contributed by atoms with Crippen molar-refractivity contribution in [3.05, 3.63) is 0 Å². The summed E-state index contributed by atoms with van der Waals surface area (Å²) in [6, 6.07) is -0.478. The second kappa shape index (κ2) is 10.5. The first-order valence-electron chi connectivity index (χ1n) is 10.4. The zero-order valence-corrected chi connectivity index (χ0v) is 17.0. The Balaban J connectivity index is 1.92. The van der Waals surface area contributed by atoms with Crippen molar-refractivity contribution in [2.24, 2.45) is 11.8 Å². The van der Waals surface area contributed by atoms with Crippen molar-refractivity contribution in [1.29, 1.82) is 0 Å². The summed E-state index contributed by atoms with van der Waals surface area (Å²) in [4.78, 5) is 40.9. The summed E-state index contributed by atoms with van der Waals surface area (Å²) < 4.78 is 5.02. The molecule has 0 spiro atoms. The largest absolute Gasteiger partial charge is 0.450 e. The molecule has 1 atom stereocenters. The average Bonchev–Trinajstić information content (AvgIpc) is 2.67. The highest BCUT2D eigenvalue weighted by atomic mass is 16.6. The Bertz CT molecular complexity index is 509. The molecule has 0 aromatic rings. The first kappa shape index (κ1) is 21.5. The minimum Gasteiger partial charge on any atom is -0.450 e. The molecule has 1 N–H and O–H groups in total. The monoisotopic (exact) mass is 381 g/mol. The molecule has 0 radical (unpaired) electrons. The van der Waals surface area contributed by atoms with Gasteiger partial charge in [0, 0.05) is 32.1 Å². The van der Waals surface area contributed by atoms with Gasteiger partial charge in [-0.05, 0) is 32.1 Å². The number of ether oxygens (including phenoxy) is 1. The molecule has 0 aromatic heterocycles. The molecule has 0 aromatic carbocycles. The Morgan fingerprint density at radius 3 is 2.15 bits per heavy atom. The Labute approximate surface area is 162 Å². The number of nitrogens with zero attached hydrogens (tertiary/aromatic N) is 2. The number of hydrogen-bond donors (Lipinski definition) is 1. The summed E-state index contributed by atoms with van der Waals surface area (Å²) in [5.74, 6) is 0.350. The molecular formula is C20H35N3O4. The maximum atomic E-state index is 13.0. The third kappa shape index (κ3) is 6.40. The van der Waals surface area contributed by atoms with Crippen LogP contribution in [-0.4, -0.2) is 66.5 Å². The van der Waals surface area contributed by atoms with Crippen LogP contribution in [0.1, 0.15) is 59.3 Å². The predicted molar refractivity (Wildman–Crippen MR) is 103 cm³/mol. The Kier molecular flexibility index (Phi) is 8.38. The summed E-state index contributed by atoms with van der Waals surface area (Å²) >= 11 is 0. The Morgan fingerprint density at radius 1 is 1.00 bits per heavy atom. The maximum absolute atomic E-state index is 13.0. The van der Waals surface area contributed by atoms with Gasteiger partial charge in [-0.25, -0.2) is 4.79 Å². The lowest BCUT2D eigenvalue weighted by atomic mass is 9.88. The van der Waals surface area contributed by atoms with E-state index in [2.05, 4.69) is 19.2 Å². The average molecular weight is 382 g/mol. The molecule has 2 aliphatic rings. The van der Waals surface area contributed by atoms with Crippen LogP contribution in [0.5, 0.6) is 0 Å². The highest BCUT2D eigenvalue weighted by Gasteiger charge is 2.32. The first-order valence-corrected chi connectivity index (χ1v) is 10.4. The zero-order chi connectivity index (χ0) is 19.8. The lowest BCUT2D eigenvalue weighted by Crippen LogP contribution is -2.56. The van der Waals surface area contributed by atoms with Crippen molar-refractivity contribution >= 4 is 17.9 Å². The molecule has 1 aliphatic carbocycles. The molecule has 1 aliphatic heterocycles. The smallest absolute Gasteiger partial charge is 0.409 e. The van der Waals surface area contributed by atoms with Gasteiger partial charge in [-0.1, -0.05) is 33.1 Å². The molecule has 0 unspecified atom stereocenters. The summed E-state index contributed by atoms with van der Waals surface area (Å²) in [5, 5.41) is 3.03. The number of rotatable bonds is 6. The van der Waals surface area contributed by atoms with E-state index in [4.69, 9.17) is 4.74 Å². The molecule has 2 fully saturated rings. The van der Waals surface area contributed by atoms with Crippen LogP contribution in [0.2, 0.25) is 0 Å². The SMILES string of the molecule is CCOC(=O)N1CCN(C(=O)[C@@H](CC(C)C)NC(=O)C2CCCCC2)CC1. The standard InChI is InChI=1S/C20H35N3O4/c1-4-27-20(26)23-12-10-22(11-13-23)19(25)17(14-15(2)3)21-18(24)16-8-6-5-7-9-16/h15-17H,4-14H2,1-3H3,(H,21,24)/t17-/m1/s1. The molecule has 3 amide bonds. The first-order chi connectivity index (χ1) is 12.9. The van der Waals surface area contributed by atoms with E-state index in [-0.39, 0.29) is 23.8 Å². The number of amides is 3. The minimum atomic E-state index is -0.478. The highest BCUT2D eigenvalue weighted by molar-refractivity contribution is 5.88. The lowest BCUT2D eigenvalue weighted by molar-refractivity contribution is -0.139. The van der Waals surface area contributed by atoms with Gasteiger partial charge in [0.05, 0.1) is 6.61 Å². The molecular weight excluding hydrogens is 346 g/mol. The van der Waals surface area contributed by atoms with Gasteiger partial charge in [0.25, 0.3) is 0 Å². The molecule has 2 rings (SSSR count). The van der Waals surface area contributed by atoms with Crippen LogP contribution < -0.4 is 5.32 Å². The van der Waals surface area contributed by atoms with Crippen LogP contribution in [0.25, 0.3) is 0 Å². The maximum Gasteiger partial charge on any atom is 0.409 e. The Hall–Kier alpha value is -1.79. The van der Waals surface area contributed by atoms with E-state index in [1.54, 1.807) is 16.7 Å². The zero-order valence-electron chi connectivity index (χ0n) is 17.0. The summed E-state index contributed by atoms with van der Waals surface area (Å²) in [6.07, 6.45) is 5.54. The van der Waals surface area contributed by atoms with Gasteiger partial charge < -0.3 is 19.9 Å². The second-order valence-electron chi connectivity index (χ2n) is 8.04. The fourth-order valence-corrected chi connectivity index (χ4v) is 3.89. The molecule has 7 nitrogen and oxygen atoms in total. The van der Waals surface area contributed by atoms with E-state index >= 15 is 0 Å². The summed E-state index contributed by atoms with van der Waals surface area (Å²) in [5.41, 5.74) is 0. The van der Waals surface area contributed by atoms with Crippen LogP contribution in [0.15, 0.2) is 0 Å². The van der Waals surface area contributed by atoms with Crippen LogP contribution >= 0.6 is 0 Å². The molecule has 1 heterocycles. The quantitative estimate of drug-likeness (QED) is 0.766. The van der Waals surface area contributed by atoms with Gasteiger partial charge in [-0.3, -0.25) is 9.59 Å². The molecule has 0 bridgehead atoms. The van der Waals surface area contributed by atoms with Crippen LogP contribution in [0.4, 0.5) is 4.79 Å². The van der Waals surface area contributed by atoms with Crippen molar-refractivity contribution in [3.63, 3.8) is 0 Å². The molecule has 1 saturated carbocycles. The predicted octanol–water partition coefficient (Wildman–Crippen LogP) is 2.40. The fourth-order valence-electron chi connectivity index (χ4n) is 3.89. The van der Waals surface area contributed by atoms with Crippen LogP contribution in [0, 0.1) is 11.8 Å². The van der Waals surface area contributed by atoms with E-state index in [1.165, 1.54) is 6.42 Å². The molecule has 27 heavy (non-hydrogen) atoms. The van der Waals surface area contributed by atoms with Gasteiger partial charge in [0.15, 0.2) is 0 Å². The van der Waals surface area contributed by atoms with Crippen molar-refractivity contribution < 1.29 is 19.1 Å². The second-order valence-corrected chi connectivity index (χ2v) is 8.04. The minimum absolute atomic E-state index is 0.0267. The summed E-state index contributed by atoms with van der Waals surface area (Å²) in [6.45, 7) is 8.14. The van der Waals surface area contributed by atoms with E-state index in [0.29, 0.717) is 45.1 Å². The van der Waals surface area contributed by atoms with Gasteiger partial charge in [-0.2, -0.15) is 0 Å². The number of piperazine rings is 1. The number of carbonyl (C=O) groups excluding carboxylic acids is 3. The number of nitrogens with one attached hydrogen (secondary N) is 1. The van der Waals surface area contributed by atoms with Gasteiger partial charge in [0.2, 0.25) is 11.8 Å². The van der Waals surface area contributed by atoms with Crippen LogP contribution in [-0.2, 0) is 14.3 Å². The van der Waals surface area contributed by atoms with Gasteiger partial charge in [-0.15, -0.1) is 0 Å². The lowest BCUT2D eigenvalue weighted by Gasteiger charge is -2.36. The van der Waals surface area contributed by atoms with Crippen molar-refractivity contribution in [1.82, 2.24) is 15.1 Å². The van der Waals surface area contributed by atoms with E-state index in [1.807, 2.05) is 0 Å². The van der Waals surface area contributed by atoms with E-state index < -0.39 is 6.04 Å². The third-order valence-corrected chi connectivity index (χ3v) is 5.42. The number of hydrogen-bond acceptors (Lipinski definition) is 4. The topological polar surface area (TPSA) is 79.0 Å². The van der Waals surface area contributed by atoms with Crippen molar-refractivity contribution in [3.8, 4) is 0 Å². The number of carbonyl (C=O) groups is 3. The van der Waals surface area contributed by atoms with Gasteiger partial charge in [0.1, 0.15) is 6.04 Å². The highest BCUT2D eigenvalue weighted by Crippen LogP contribution is 2.24. The summed E-state index contributed by atoms with van der Waals surface area (Å²) in [7, 11) is 0. The Morgan fingerprint density at radius 2 is 1.59 bits per heavy atom.